The van der Waals surface area contributed by atoms with Gasteiger partial charge in [0.2, 0.25) is 5.91 Å². The fourth-order valence-corrected chi connectivity index (χ4v) is 1.86. The summed E-state index contributed by atoms with van der Waals surface area (Å²) in [6, 6.07) is 7.43. The van der Waals surface area contributed by atoms with E-state index in [0.29, 0.717) is 0 Å². The fourth-order valence-electron chi connectivity index (χ4n) is 1.86. The lowest BCUT2D eigenvalue weighted by Gasteiger charge is -2.31. The Balaban J connectivity index is 3.12. The van der Waals surface area contributed by atoms with E-state index in [9.17, 15) is 9.59 Å². The van der Waals surface area contributed by atoms with Crippen LogP contribution in [0.3, 0.4) is 0 Å². The van der Waals surface area contributed by atoms with E-state index in [1.54, 1.807) is 13.8 Å². The van der Waals surface area contributed by atoms with Gasteiger partial charge in [0.25, 0.3) is 0 Å². The molecule has 5 nitrogen and oxygen atoms in total. The highest BCUT2D eigenvalue weighted by Gasteiger charge is 2.32. The molecule has 0 unspecified atom stereocenters. The maximum atomic E-state index is 12.6. The molecule has 1 aromatic rings. The van der Waals surface area contributed by atoms with Crippen LogP contribution in [0.2, 0.25) is 0 Å². The van der Waals surface area contributed by atoms with E-state index in [-0.39, 0.29) is 25.4 Å². The minimum atomic E-state index is -0.929. The zero-order valence-electron chi connectivity index (χ0n) is 12.2. The summed E-state index contributed by atoms with van der Waals surface area (Å²) in [5.41, 5.74) is 6.60. The molecule has 0 aliphatic rings. The molecule has 0 saturated heterocycles. The molecule has 0 spiro atoms. The maximum absolute atomic E-state index is 12.6. The van der Waals surface area contributed by atoms with Gasteiger partial charge in [-0.3, -0.25) is 9.59 Å². The van der Waals surface area contributed by atoms with Crippen molar-refractivity contribution in [1.82, 2.24) is 0 Å². The number of carboxylic acid groups (broad SMARTS) is 1. The Morgan fingerprint density at radius 1 is 1.30 bits per heavy atom. The van der Waals surface area contributed by atoms with E-state index in [4.69, 9.17) is 10.8 Å². The second-order valence-corrected chi connectivity index (χ2v) is 5.48. The molecule has 1 aromatic carbocycles. The van der Waals surface area contributed by atoms with Gasteiger partial charge in [-0.2, -0.15) is 0 Å². The Morgan fingerprint density at radius 2 is 1.90 bits per heavy atom. The highest BCUT2D eigenvalue weighted by Crippen LogP contribution is 2.26. The molecule has 0 aliphatic carbocycles. The van der Waals surface area contributed by atoms with Crippen molar-refractivity contribution in [2.24, 2.45) is 11.1 Å². The Labute approximate surface area is 119 Å². The third-order valence-electron chi connectivity index (χ3n) is 3.29. The maximum Gasteiger partial charge on any atom is 0.305 e. The third-order valence-corrected chi connectivity index (χ3v) is 3.29. The number of benzene rings is 1. The number of para-hydroxylation sites is 1. The molecule has 0 atom stereocenters. The molecule has 5 heteroatoms. The van der Waals surface area contributed by atoms with Crippen LogP contribution in [-0.2, 0) is 9.59 Å². The van der Waals surface area contributed by atoms with Gasteiger partial charge in [0, 0.05) is 18.8 Å². The second kappa shape index (κ2) is 6.52. The predicted octanol–water partition coefficient (Wildman–Crippen LogP) is 1.79. The summed E-state index contributed by atoms with van der Waals surface area (Å²) in [5, 5.41) is 8.86. The van der Waals surface area contributed by atoms with Gasteiger partial charge < -0.3 is 15.7 Å². The lowest BCUT2D eigenvalue weighted by Crippen LogP contribution is -2.46. The van der Waals surface area contributed by atoms with Crippen molar-refractivity contribution in [3.05, 3.63) is 29.8 Å². The number of nitrogens with two attached hydrogens (primary N) is 1. The standard InChI is InChI=1S/C15H22N2O3/c1-11-6-4-5-7-12(11)17(9-8-13(18)19)14(20)15(2,3)10-16/h4-7H,8-10,16H2,1-3H3,(H,18,19). The molecule has 0 radical (unpaired) electrons. The molecular formula is C15H22N2O3. The zero-order chi connectivity index (χ0) is 15.3. The number of anilines is 1. The van der Waals surface area contributed by atoms with Crippen LogP contribution in [0.4, 0.5) is 5.69 Å². The normalized spacial score (nSPS) is 11.2. The topological polar surface area (TPSA) is 83.6 Å². The number of aliphatic carboxylic acids is 1. The number of aryl methyl sites for hydroxylation is 1. The summed E-state index contributed by atoms with van der Waals surface area (Å²) in [4.78, 5) is 24.9. The van der Waals surface area contributed by atoms with Crippen LogP contribution in [-0.4, -0.2) is 30.1 Å². The van der Waals surface area contributed by atoms with Gasteiger partial charge in [-0.1, -0.05) is 18.2 Å². The van der Waals surface area contributed by atoms with Crippen molar-refractivity contribution in [2.75, 3.05) is 18.0 Å². The van der Waals surface area contributed by atoms with Crippen molar-refractivity contribution in [2.45, 2.75) is 27.2 Å². The van der Waals surface area contributed by atoms with Crippen molar-refractivity contribution >= 4 is 17.6 Å². The largest absolute Gasteiger partial charge is 0.481 e. The average Bonchev–Trinajstić information content (AvgIpc) is 2.40. The summed E-state index contributed by atoms with van der Waals surface area (Å²) < 4.78 is 0. The summed E-state index contributed by atoms with van der Waals surface area (Å²) in [5.74, 6) is -1.09. The number of hydrogen-bond acceptors (Lipinski definition) is 3. The Hall–Kier alpha value is -1.88. The smallest absolute Gasteiger partial charge is 0.305 e. The van der Waals surface area contributed by atoms with E-state index in [1.165, 1.54) is 4.90 Å². The second-order valence-electron chi connectivity index (χ2n) is 5.48. The third kappa shape index (κ3) is 3.81. The molecule has 0 saturated carbocycles. The molecule has 1 amide bonds. The lowest BCUT2D eigenvalue weighted by molar-refractivity contribution is -0.136. The fraction of sp³-hybridized carbons (Fsp3) is 0.467. The van der Waals surface area contributed by atoms with Gasteiger partial charge in [0.15, 0.2) is 0 Å². The first kappa shape index (κ1) is 16.2. The van der Waals surface area contributed by atoms with E-state index in [0.717, 1.165) is 11.3 Å². The minimum absolute atomic E-state index is 0.0965. The molecule has 0 aliphatic heterocycles. The number of rotatable bonds is 6. The number of nitrogens with zero attached hydrogens (tertiary/aromatic N) is 1. The number of carboxylic acids is 1. The van der Waals surface area contributed by atoms with Crippen LogP contribution in [0, 0.1) is 12.3 Å². The zero-order valence-corrected chi connectivity index (χ0v) is 12.2. The van der Waals surface area contributed by atoms with E-state index < -0.39 is 11.4 Å². The molecular weight excluding hydrogens is 256 g/mol. The van der Waals surface area contributed by atoms with Crippen molar-refractivity contribution in [3.8, 4) is 0 Å². The molecule has 0 aromatic heterocycles. The highest BCUT2D eigenvalue weighted by molar-refractivity contribution is 5.98. The van der Waals surface area contributed by atoms with E-state index in [2.05, 4.69) is 0 Å². The van der Waals surface area contributed by atoms with Crippen molar-refractivity contribution < 1.29 is 14.7 Å². The molecule has 20 heavy (non-hydrogen) atoms. The Kier molecular flexibility index (Phi) is 5.27. The number of hydrogen-bond donors (Lipinski definition) is 2. The van der Waals surface area contributed by atoms with Crippen LogP contribution in [0.1, 0.15) is 25.8 Å². The summed E-state index contributed by atoms with van der Waals surface area (Å²) >= 11 is 0. The number of amides is 1. The molecule has 0 heterocycles. The summed E-state index contributed by atoms with van der Waals surface area (Å²) in [7, 11) is 0. The van der Waals surface area contributed by atoms with E-state index in [1.807, 2.05) is 31.2 Å². The lowest BCUT2D eigenvalue weighted by atomic mass is 9.91. The molecule has 110 valence electrons. The highest BCUT2D eigenvalue weighted by atomic mass is 16.4. The summed E-state index contributed by atoms with van der Waals surface area (Å²) in [6.45, 7) is 5.78. The van der Waals surface area contributed by atoms with Gasteiger partial charge >= 0.3 is 5.97 Å². The van der Waals surface area contributed by atoms with Crippen LogP contribution in [0.25, 0.3) is 0 Å². The van der Waals surface area contributed by atoms with Crippen LogP contribution in [0.15, 0.2) is 24.3 Å². The Morgan fingerprint density at radius 3 is 2.40 bits per heavy atom. The van der Waals surface area contributed by atoms with E-state index >= 15 is 0 Å². The summed E-state index contributed by atoms with van der Waals surface area (Å²) in [6.07, 6.45) is -0.0965. The first-order valence-electron chi connectivity index (χ1n) is 6.59. The van der Waals surface area contributed by atoms with Gasteiger partial charge in [0.05, 0.1) is 11.8 Å². The van der Waals surface area contributed by atoms with Crippen molar-refractivity contribution in [3.63, 3.8) is 0 Å². The van der Waals surface area contributed by atoms with Crippen molar-refractivity contribution in [1.29, 1.82) is 0 Å². The monoisotopic (exact) mass is 278 g/mol. The Bertz CT molecular complexity index is 498. The van der Waals surface area contributed by atoms with Gasteiger partial charge in [0.1, 0.15) is 0 Å². The van der Waals surface area contributed by atoms with Crippen LogP contribution >= 0.6 is 0 Å². The first-order chi connectivity index (χ1) is 9.29. The number of carbonyl (C=O) groups is 2. The molecule has 0 fully saturated rings. The minimum Gasteiger partial charge on any atom is -0.481 e. The van der Waals surface area contributed by atoms with Gasteiger partial charge in [-0.05, 0) is 32.4 Å². The van der Waals surface area contributed by atoms with Gasteiger partial charge in [-0.25, -0.2) is 0 Å². The average molecular weight is 278 g/mol. The predicted molar refractivity (Wildman–Crippen MR) is 78.6 cm³/mol. The molecule has 1 rings (SSSR count). The SMILES string of the molecule is Cc1ccccc1N(CCC(=O)O)C(=O)C(C)(C)CN. The quantitative estimate of drug-likeness (QED) is 0.831. The van der Waals surface area contributed by atoms with Gasteiger partial charge in [-0.15, -0.1) is 0 Å². The molecule has 3 N–H and O–H groups in total. The van der Waals surface area contributed by atoms with Crippen LogP contribution in [0.5, 0.6) is 0 Å². The van der Waals surface area contributed by atoms with Crippen LogP contribution < -0.4 is 10.6 Å². The first-order valence-corrected chi connectivity index (χ1v) is 6.59. The molecule has 0 bridgehead atoms. The number of carbonyl (C=O) groups excluding carboxylic acids is 1.